The molecule has 0 heterocycles. The Morgan fingerprint density at radius 3 is 1.44 bits per heavy atom. The van der Waals surface area contributed by atoms with Gasteiger partial charge in [-0.2, -0.15) is 0 Å². The zero-order valence-corrected chi connectivity index (χ0v) is 7.98. The van der Waals surface area contributed by atoms with Gasteiger partial charge in [0.15, 0.2) is 0 Å². The van der Waals surface area contributed by atoms with Crippen molar-refractivity contribution in [3.05, 3.63) is 0 Å². The third-order valence-corrected chi connectivity index (χ3v) is 5.85. The minimum absolute atomic E-state index is 0.135. The van der Waals surface area contributed by atoms with E-state index in [4.69, 9.17) is 16.4 Å². The predicted molar refractivity (Wildman–Crippen MR) is 33.9 cm³/mol. The SMILES string of the molecule is C[O][Ge]([CH2]O)([O]C)[O]C. The van der Waals surface area contributed by atoms with E-state index in [1.54, 1.807) is 0 Å². The van der Waals surface area contributed by atoms with Crippen molar-refractivity contribution < 1.29 is 16.4 Å². The van der Waals surface area contributed by atoms with Crippen LogP contribution in [0.3, 0.4) is 0 Å². The molecule has 0 atom stereocenters. The molecule has 5 heteroatoms. The Morgan fingerprint density at radius 1 is 1.11 bits per heavy atom. The van der Waals surface area contributed by atoms with Gasteiger partial charge < -0.3 is 0 Å². The first kappa shape index (κ1) is 9.38. The fourth-order valence-corrected chi connectivity index (χ4v) is 2.31. The van der Waals surface area contributed by atoms with Crippen LogP contribution in [0.1, 0.15) is 0 Å². The van der Waals surface area contributed by atoms with Crippen molar-refractivity contribution >= 4 is 14.3 Å². The summed E-state index contributed by atoms with van der Waals surface area (Å²) in [6.07, 6.45) is 0. The molecule has 0 saturated heterocycles. The molecule has 0 aromatic carbocycles. The Labute approximate surface area is 58.1 Å². The molecule has 0 aliphatic heterocycles. The Hall–Kier alpha value is 0.383. The van der Waals surface area contributed by atoms with Crippen molar-refractivity contribution in [2.45, 2.75) is 0 Å². The van der Waals surface area contributed by atoms with Crippen LogP contribution in [-0.2, 0) is 11.3 Å². The van der Waals surface area contributed by atoms with Crippen LogP contribution in [-0.4, -0.2) is 46.2 Å². The third-order valence-electron chi connectivity index (χ3n) is 1.13. The van der Waals surface area contributed by atoms with Gasteiger partial charge >= 0.3 is 57.4 Å². The zero-order chi connectivity index (χ0) is 7.33. The summed E-state index contributed by atoms with van der Waals surface area (Å²) >= 11 is -3.11. The van der Waals surface area contributed by atoms with E-state index in [-0.39, 0.29) is 5.44 Å². The van der Waals surface area contributed by atoms with Gasteiger partial charge in [0.05, 0.1) is 0 Å². The second-order valence-electron chi connectivity index (χ2n) is 1.45. The minimum atomic E-state index is -3.11. The van der Waals surface area contributed by atoms with Gasteiger partial charge in [-0.05, 0) is 0 Å². The summed E-state index contributed by atoms with van der Waals surface area (Å²) in [5.74, 6) is 0. The van der Waals surface area contributed by atoms with E-state index in [0.29, 0.717) is 0 Å². The molecule has 0 fully saturated rings. The average molecular weight is 197 g/mol. The van der Waals surface area contributed by atoms with E-state index in [1.165, 1.54) is 21.3 Å². The second-order valence-corrected chi connectivity index (χ2v) is 7.55. The third kappa shape index (κ3) is 2.23. The first-order chi connectivity index (χ1) is 4.24. The Kier molecular flexibility index (Phi) is 4.42. The summed E-state index contributed by atoms with van der Waals surface area (Å²) in [6.45, 7) is 0. The molecule has 0 bridgehead atoms. The van der Waals surface area contributed by atoms with Crippen LogP contribution in [0, 0.1) is 0 Å². The van der Waals surface area contributed by atoms with Crippen LogP contribution in [0.5, 0.6) is 0 Å². The summed E-state index contributed by atoms with van der Waals surface area (Å²) < 4.78 is 14.6. The normalized spacial score (nSPS) is 12.0. The number of hydrogen-bond donors (Lipinski definition) is 1. The predicted octanol–water partition coefficient (Wildman–Crippen LogP) is -0.604. The maximum atomic E-state index is 8.68. The molecular weight excluding hydrogens is 185 g/mol. The van der Waals surface area contributed by atoms with Gasteiger partial charge in [-0.25, -0.2) is 0 Å². The van der Waals surface area contributed by atoms with Gasteiger partial charge in [0, 0.05) is 0 Å². The number of aliphatic hydroxyl groups is 1. The van der Waals surface area contributed by atoms with Crippen LogP contribution in [0.4, 0.5) is 0 Å². The molecule has 0 aromatic heterocycles. The molecule has 0 amide bonds. The quantitative estimate of drug-likeness (QED) is 0.610. The summed E-state index contributed by atoms with van der Waals surface area (Å²) in [4.78, 5) is 0. The Balaban J connectivity index is 3.82. The summed E-state index contributed by atoms with van der Waals surface area (Å²) in [5, 5.41) is 8.68. The molecule has 4 nitrogen and oxygen atoms in total. The number of hydrogen-bond acceptors (Lipinski definition) is 4. The Morgan fingerprint density at radius 2 is 1.44 bits per heavy atom. The van der Waals surface area contributed by atoms with Crippen LogP contribution >= 0.6 is 0 Å². The van der Waals surface area contributed by atoms with Gasteiger partial charge in [-0.3, -0.25) is 0 Å². The van der Waals surface area contributed by atoms with Crippen molar-refractivity contribution in [3.63, 3.8) is 0 Å². The molecule has 0 aliphatic rings. The molecule has 0 unspecified atom stereocenters. The fourth-order valence-electron chi connectivity index (χ4n) is 0.444. The molecular formula is C4H12GeO4. The van der Waals surface area contributed by atoms with Crippen LogP contribution in [0.2, 0.25) is 0 Å². The second kappa shape index (κ2) is 4.24. The zero-order valence-electron chi connectivity index (χ0n) is 5.88. The van der Waals surface area contributed by atoms with Crippen LogP contribution < -0.4 is 0 Å². The van der Waals surface area contributed by atoms with E-state index in [1.807, 2.05) is 0 Å². The van der Waals surface area contributed by atoms with Crippen molar-refractivity contribution in [3.8, 4) is 0 Å². The van der Waals surface area contributed by atoms with E-state index >= 15 is 0 Å². The standard InChI is InChI=1S/C4H12GeO4/c1-7-5(4-6,8-2)9-3/h6H,4H2,1-3H3. The molecule has 1 N–H and O–H groups in total. The van der Waals surface area contributed by atoms with Crippen LogP contribution in [0.15, 0.2) is 0 Å². The van der Waals surface area contributed by atoms with E-state index < -0.39 is 14.3 Å². The van der Waals surface area contributed by atoms with E-state index in [0.717, 1.165) is 0 Å². The molecule has 0 spiro atoms. The first-order valence-corrected chi connectivity index (χ1v) is 6.56. The summed E-state index contributed by atoms with van der Waals surface area (Å²) in [6, 6.07) is 0. The average Bonchev–Trinajstić information content (AvgIpc) is 1.95. The molecule has 0 radical (unpaired) electrons. The van der Waals surface area contributed by atoms with Crippen molar-refractivity contribution in [1.29, 1.82) is 0 Å². The van der Waals surface area contributed by atoms with Gasteiger partial charge in [0.2, 0.25) is 0 Å². The Bertz CT molecular complexity index is 55.5. The van der Waals surface area contributed by atoms with Gasteiger partial charge in [0.25, 0.3) is 0 Å². The monoisotopic (exact) mass is 198 g/mol. The maximum absolute atomic E-state index is 8.68. The van der Waals surface area contributed by atoms with Gasteiger partial charge in [-0.1, -0.05) is 0 Å². The van der Waals surface area contributed by atoms with E-state index in [2.05, 4.69) is 0 Å². The van der Waals surface area contributed by atoms with Crippen molar-refractivity contribution in [1.82, 2.24) is 0 Å². The fraction of sp³-hybridized carbons (Fsp3) is 1.00. The van der Waals surface area contributed by atoms with Crippen molar-refractivity contribution in [2.75, 3.05) is 26.8 Å². The van der Waals surface area contributed by atoms with Crippen LogP contribution in [0.25, 0.3) is 0 Å². The molecule has 56 valence electrons. The number of rotatable bonds is 4. The molecule has 9 heavy (non-hydrogen) atoms. The molecule has 0 aliphatic carbocycles. The first-order valence-electron chi connectivity index (χ1n) is 2.51. The van der Waals surface area contributed by atoms with Crippen molar-refractivity contribution in [2.24, 2.45) is 0 Å². The summed E-state index contributed by atoms with van der Waals surface area (Å²) in [5.41, 5.74) is -0.135. The van der Waals surface area contributed by atoms with E-state index in [9.17, 15) is 0 Å². The number of aliphatic hydroxyl groups excluding tert-OH is 1. The summed E-state index contributed by atoms with van der Waals surface area (Å²) in [7, 11) is 4.43. The molecule has 0 rings (SSSR count). The molecule has 0 aromatic rings. The van der Waals surface area contributed by atoms with Gasteiger partial charge in [-0.15, -0.1) is 0 Å². The molecule has 0 saturated carbocycles. The topological polar surface area (TPSA) is 47.9 Å². The van der Waals surface area contributed by atoms with Gasteiger partial charge in [0.1, 0.15) is 0 Å².